The molecule has 0 spiro atoms. The summed E-state index contributed by atoms with van der Waals surface area (Å²) in [6, 6.07) is 0. The predicted molar refractivity (Wildman–Crippen MR) is 146 cm³/mol. The van der Waals surface area contributed by atoms with E-state index < -0.39 is 63.7 Å². The standard InChI is InChI=1S/C32H42O9/c1-15(9-8-10-16(2)26(38)39)18-11-23(37)31(7)24-19(35)12-20-28(4,14-33)22(36)13-21-29(20,5)25(24)32(21,40)27(30(18,31)6)41-17(3)34/h10,15,18,20-21,27,33,40H,8-9,11-14H2,1-7H3,(H,38,39). The first-order valence-electron chi connectivity index (χ1n) is 14.6. The number of allylic oxidation sites excluding steroid dienone is 2. The number of ketones is 3. The molecule has 0 aliphatic heterocycles. The minimum absolute atomic E-state index is 0.0125. The third-order valence-corrected chi connectivity index (χ3v) is 12.6. The monoisotopic (exact) mass is 570 g/mol. The molecule has 0 aromatic heterocycles. The Morgan fingerprint density at radius 2 is 1.66 bits per heavy atom. The van der Waals surface area contributed by atoms with Gasteiger partial charge in [-0.25, -0.2) is 4.79 Å². The van der Waals surface area contributed by atoms with Gasteiger partial charge in [-0.2, -0.15) is 0 Å². The summed E-state index contributed by atoms with van der Waals surface area (Å²) < 4.78 is 6.03. The van der Waals surface area contributed by atoms with E-state index in [0.29, 0.717) is 24.0 Å². The van der Waals surface area contributed by atoms with E-state index in [1.165, 1.54) is 13.8 Å². The summed E-state index contributed by atoms with van der Waals surface area (Å²) in [6.07, 6.45) is 1.54. The van der Waals surface area contributed by atoms with E-state index in [4.69, 9.17) is 4.74 Å². The number of carbonyl (C=O) groups excluding carboxylic acids is 4. The molecule has 10 atom stereocenters. The molecule has 3 saturated carbocycles. The molecule has 0 bridgehead atoms. The van der Waals surface area contributed by atoms with Gasteiger partial charge in [0.2, 0.25) is 0 Å². The number of carbonyl (C=O) groups is 5. The average molecular weight is 571 g/mol. The van der Waals surface area contributed by atoms with Gasteiger partial charge in [-0.3, -0.25) is 19.2 Å². The largest absolute Gasteiger partial charge is 0.478 e. The highest BCUT2D eigenvalue weighted by molar-refractivity contribution is 6.10. The zero-order valence-corrected chi connectivity index (χ0v) is 25.0. The first kappa shape index (κ1) is 29.8. The molecule has 41 heavy (non-hydrogen) atoms. The fourth-order valence-electron chi connectivity index (χ4n) is 10.2. The lowest BCUT2D eigenvalue weighted by atomic mass is 9.28. The quantitative estimate of drug-likeness (QED) is 0.309. The van der Waals surface area contributed by atoms with Gasteiger partial charge in [0.25, 0.3) is 0 Å². The van der Waals surface area contributed by atoms with Gasteiger partial charge in [-0.1, -0.05) is 33.8 Å². The number of carboxylic acids is 1. The minimum atomic E-state index is -1.81. The van der Waals surface area contributed by atoms with Crippen LogP contribution in [0.25, 0.3) is 0 Å². The lowest BCUT2D eigenvalue weighted by Gasteiger charge is -2.76. The van der Waals surface area contributed by atoms with Gasteiger partial charge in [0.1, 0.15) is 23.3 Å². The summed E-state index contributed by atoms with van der Waals surface area (Å²) in [5.74, 6) is -4.05. The second-order valence-electron chi connectivity index (χ2n) is 14.2. The van der Waals surface area contributed by atoms with Crippen LogP contribution in [0.15, 0.2) is 22.8 Å². The van der Waals surface area contributed by atoms with Crippen LogP contribution in [0.4, 0.5) is 0 Å². The van der Waals surface area contributed by atoms with Crippen molar-refractivity contribution in [2.75, 3.05) is 6.61 Å². The molecule has 10 unspecified atom stereocenters. The fraction of sp³-hybridized carbons (Fsp3) is 0.719. The van der Waals surface area contributed by atoms with Gasteiger partial charge in [0, 0.05) is 54.1 Å². The molecule has 0 radical (unpaired) electrons. The Morgan fingerprint density at radius 3 is 2.22 bits per heavy atom. The van der Waals surface area contributed by atoms with Crippen molar-refractivity contribution in [3.8, 4) is 0 Å². The Labute approximate surface area is 240 Å². The van der Waals surface area contributed by atoms with Crippen LogP contribution >= 0.6 is 0 Å². The van der Waals surface area contributed by atoms with E-state index in [1.54, 1.807) is 19.9 Å². The molecular weight excluding hydrogens is 528 g/mol. The number of carboxylic acid groups (broad SMARTS) is 1. The maximum atomic E-state index is 14.2. The van der Waals surface area contributed by atoms with Crippen molar-refractivity contribution in [2.24, 2.45) is 45.3 Å². The van der Waals surface area contributed by atoms with Crippen molar-refractivity contribution < 1.29 is 44.0 Å². The molecule has 3 N–H and O–H groups in total. The summed E-state index contributed by atoms with van der Waals surface area (Å²) in [7, 11) is 0. The lowest BCUT2D eigenvalue weighted by Crippen LogP contribution is -2.82. The number of rotatable bonds is 7. The van der Waals surface area contributed by atoms with E-state index >= 15 is 0 Å². The molecule has 5 aliphatic rings. The SMILES string of the molecule is CC(=O)OC1C2(O)C3=C(C(=O)CC4C(C)(CO)C(=O)CC2C34C)C2(C)C(=O)CC(C(C)CCC=C(C)C(=O)O)C12C. The summed E-state index contributed by atoms with van der Waals surface area (Å²) in [6.45, 7) is 11.5. The number of aliphatic carboxylic acids is 1. The summed E-state index contributed by atoms with van der Waals surface area (Å²) in [5.41, 5.74) is -5.37. The molecule has 9 nitrogen and oxygen atoms in total. The van der Waals surface area contributed by atoms with Gasteiger partial charge in [-0.15, -0.1) is 0 Å². The van der Waals surface area contributed by atoms with Crippen molar-refractivity contribution in [1.82, 2.24) is 0 Å². The molecule has 5 aliphatic carbocycles. The second kappa shape index (κ2) is 8.93. The maximum Gasteiger partial charge on any atom is 0.330 e. The Bertz CT molecular complexity index is 1340. The van der Waals surface area contributed by atoms with Gasteiger partial charge in [-0.05, 0) is 50.0 Å². The molecule has 9 heteroatoms. The number of fused-ring (bicyclic) bond motifs is 3. The topological polar surface area (TPSA) is 155 Å². The summed E-state index contributed by atoms with van der Waals surface area (Å²) in [5, 5.41) is 32.3. The second-order valence-corrected chi connectivity index (χ2v) is 14.2. The molecule has 0 aromatic carbocycles. The fourth-order valence-corrected chi connectivity index (χ4v) is 10.2. The number of aliphatic hydroxyl groups is 2. The van der Waals surface area contributed by atoms with E-state index in [9.17, 15) is 39.3 Å². The van der Waals surface area contributed by atoms with Crippen molar-refractivity contribution in [2.45, 2.75) is 92.3 Å². The maximum absolute atomic E-state index is 14.2. The van der Waals surface area contributed by atoms with Crippen LogP contribution in [0.2, 0.25) is 0 Å². The zero-order chi connectivity index (χ0) is 30.7. The van der Waals surface area contributed by atoms with E-state index in [0.717, 1.165) is 0 Å². The number of Topliss-reactive ketones (excluding diaryl/α,β-unsaturated/α-hetero) is 3. The van der Waals surface area contributed by atoms with Crippen molar-refractivity contribution in [3.63, 3.8) is 0 Å². The smallest absolute Gasteiger partial charge is 0.330 e. The summed E-state index contributed by atoms with van der Waals surface area (Å²) >= 11 is 0. The number of hydrogen-bond acceptors (Lipinski definition) is 8. The van der Waals surface area contributed by atoms with Gasteiger partial charge in [0.05, 0.1) is 17.4 Å². The first-order chi connectivity index (χ1) is 18.9. The van der Waals surface area contributed by atoms with Gasteiger partial charge >= 0.3 is 11.9 Å². The van der Waals surface area contributed by atoms with E-state index in [-0.39, 0.29) is 54.0 Å². The number of esters is 1. The van der Waals surface area contributed by atoms with Crippen LogP contribution in [0.1, 0.15) is 80.6 Å². The average Bonchev–Trinajstić information content (AvgIpc) is 3.11. The van der Waals surface area contributed by atoms with Gasteiger partial charge in [0.15, 0.2) is 5.78 Å². The summed E-state index contributed by atoms with van der Waals surface area (Å²) in [4.78, 5) is 65.8. The highest BCUT2D eigenvalue weighted by atomic mass is 16.6. The number of hydrogen-bond donors (Lipinski definition) is 3. The Morgan fingerprint density at radius 1 is 1.02 bits per heavy atom. The molecule has 0 amide bonds. The normalized spacial score (nSPS) is 45.6. The third-order valence-electron chi connectivity index (χ3n) is 12.6. The third kappa shape index (κ3) is 3.28. The van der Waals surface area contributed by atoms with Crippen LogP contribution in [0.5, 0.6) is 0 Å². The van der Waals surface area contributed by atoms with Crippen LogP contribution in [0.3, 0.4) is 0 Å². The highest BCUT2D eigenvalue weighted by Crippen LogP contribution is 2.81. The van der Waals surface area contributed by atoms with Crippen molar-refractivity contribution >= 4 is 29.3 Å². The van der Waals surface area contributed by atoms with Crippen LogP contribution in [0, 0.1) is 45.3 Å². The van der Waals surface area contributed by atoms with Crippen LogP contribution in [-0.4, -0.2) is 62.9 Å². The van der Waals surface area contributed by atoms with Crippen molar-refractivity contribution in [3.05, 3.63) is 22.8 Å². The molecule has 3 fully saturated rings. The Balaban J connectivity index is 1.71. The number of ether oxygens (including phenoxy) is 1. The van der Waals surface area contributed by atoms with Crippen molar-refractivity contribution in [1.29, 1.82) is 0 Å². The Kier molecular flexibility index (Phi) is 6.50. The highest BCUT2D eigenvalue weighted by Gasteiger charge is 2.86. The minimum Gasteiger partial charge on any atom is -0.478 e. The van der Waals surface area contributed by atoms with Crippen LogP contribution < -0.4 is 0 Å². The molecule has 5 rings (SSSR count). The molecular formula is C32H42O9. The molecule has 224 valence electrons. The lowest BCUT2D eigenvalue weighted by molar-refractivity contribution is -0.280. The Hall–Kier alpha value is -2.65. The first-order valence-corrected chi connectivity index (χ1v) is 14.6. The zero-order valence-electron chi connectivity index (χ0n) is 25.0. The van der Waals surface area contributed by atoms with E-state index in [2.05, 4.69) is 0 Å². The number of aliphatic hydroxyl groups excluding tert-OH is 1. The molecule has 0 heterocycles. The predicted octanol–water partition coefficient (Wildman–Crippen LogP) is 3.20. The molecule has 0 saturated heterocycles. The molecule has 0 aromatic rings. The van der Waals surface area contributed by atoms with E-state index in [1.807, 2.05) is 20.8 Å². The van der Waals surface area contributed by atoms with Crippen LogP contribution in [-0.2, 0) is 28.7 Å². The van der Waals surface area contributed by atoms with Gasteiger partial charge < -0.3 is 20.1 Å².